The Morgan fingerprint density at radius 2 is 2.00 bits per heavy atom. The fraction of sp³-hybridized carbons (Fsp3) is 0.889. The van der Waals surface area contributed by atoms with Crippen molar-refractivity contribution >= 4 is 6.41 Å². The van der Waals surface area contributed by atoms with Crippen molar-refractivity contribution < 1.29 is 20.1 Å². The van der Waals surface area contributed by atoms with E-state index in [0.717, 1.165) is 0 Å². The molecule has 2 fully saturated rings. The first kappa shape index (κ1) is 10.8. The summed E-state index contributed by atoms with van der Waals surface area (Å²) in [4.78, 5) is 12.2. The summed E-state index contributed by atoms with van der Waals surface area (Å²) in [7, 11) is 0. The summed E-state index contributed by atoms with van der Waals surface area (Å²) in [5.41, 5.74) is 0. The number of hydrogen-bond acceptors (Lipinski definition) is 5. The zero-order valence-corrected chi connectivity index (χ0v) is 8.28. The minimum absolute atomic E-state index is 0.398. The van der Waals surface area contributed by atoms with E-state index in [0.29, 0.717) is 25.9 Å². The van der Waals surface area contributed by atoms with Crippen molar-refractivity contribution in [1.82, 2.24) is 10.2 Å². The van der Waals surface area contributed by atoms with E-state index >= 15 is 0 Å². The van der Waals surface area contributed by atoms with Gasteiger partial charge in [-0.1, -0.05) is 0 Å². The van der Waals surface area contributed by atoms with Gasteiger partial charge in [-0.25, -0.2) is 0 Å². The zero-order valence-electron chi connectivity index (χ0n) is 8.28. The minimum Gasteiger partial charge on any atom is -0.391 e. The Hall–Kier alpha value is -0.690. The molecule has 4 N–H and O–H groups in total. The molecule has 15 heavy (non-hydrogen) atoms. The number of hydrogen-bond donors (Lipinski definition) is 4. The van der Waals surface area contributed by atoms with Crippen molar-refractivity contribution in [2.24, 2.45) is 0 Å². The third-order valence-electron chi connectivity index (χ3n) is 3.35. The molecule has 1 amide bonds. The molecule has 0 bridgehead atoms. The lowest BCUT2D eigenvalue weighted by Gasteiger charge is -2.42. The van der Waals surface area contributed by atoms with Crippen LogP contribution in [0.3, 0.4) is 0 Å². The maximum absolute atomic E-state index is 10.3. The van der Waals surface area contributed by atoms with Gasteiger partial charge in [0.25, 0.3) is 0 Å². The quantitative estimate of drug-likeness (QED) is 0.376. The van der Waals surface area contributed by atoms with Crippen molar-refractivity contribution in [2.45, 2.75) is 36.8 Å². The lowest BCUT2D eigenvalue weighted by atomic mass is 9.91. The third kappa shape index (κ3) is 1.74. The molecule has 5 unspecified atom stereocenters. The largest absolute Gasteiger partial charge is 0.391 e. The highest BCUT2D eigenvalue weighted by atomic mass is 16.3. The SMILES string of the molecule is O=CNC1CN2CCC(O)C2C(O)C1O. The Bertz CT molecular complexity index is 250. The van der Waals surface area contributed by atoms with Crippen LogP contribution >= 0.6 is 0 Å². The number of aliphatic hydroxyl groups is 3. The first-order valence-corrected chi connectivity index (χ1v) is 5.13. The van der Waals surface area contributed by atoms with Gasteiger partial charge in [-0.05, 0) is 6.42 Å². The lowest BCUT2D eigenvalue weighted by molar-refractivity contribution is -0.119. The molecule has 0 aromatic carbocycles. The predicted octanol–water partition coefficient (Wildman–Crippen LogP) is -2.73. The Labute approximate surface area is 87.5 Å². The van der Waals surface area contributed by atoms with Crippen LogP contribution in [0, 0.1) is 0 Å². The van der Waals surface area contributed by atoms with E-state index in [9.17, 15) is 20.1 Å². The third-order valence-corrected chi connectivity index (χ3v) is 3.35. The Morgan fingerprint density at radius 1 is 1.27 bits per heavy atom. The van der Waals surface area contributed by atoms with E-state index in [1.54, 1.807) is 0 Å². The van der Waals surface area contributed by atoms with Crippen LogP contribution in [0.15, 0.2) is 0 Å². The molecule has 86 valence electrons. The number of nitrogens with zero attached hydrogens (tertiary/aromatic N) is 1. The van der Waals surface area contributed by atoms with Crippen LogP contribution in [0.25, 0.3) is 0 Å². The summed E-state index contributed by atoms with van der Waals surface area (Å²) in [6.07, 6.45) is -1.49. The molecule has 0 radical (unpaired) electrons. The van der Waals surface area contributed by atoms with Crippen LogP contribution in [-0.2, 0) is 4.79 Å². The van der Waals surface area contributed by atoms with Crippen LogP contribution in [0.2, 0.25) is 0 Å². The Morgan fingerprint density at radius 3 is 2.67 bits per heavy atom. The molecule has 2 saturated heterocycles. The summed E-state index contributed by atoms with van der Waals surface area (Å²) in [6, 6.07) is -0.858. The van der Waals surface area contributed by atoms with Crippen molar-refractivity contribution in [3.8, 4) is 0 Å². The average molecular weight is 216 g/mol. The number of piperidine rings is 1. The summed E-state index contributed by atoms with van der Waals surface area (Å²) in [6.45, 7) is 1.16. The molecule has 6 nitrogen and oxygen atoms in total. The second kappa shape index (κ2) is 4.05. The maximum atomic E-state index is 10.3. The normalized spacial score (nSPS) is 46.2. The topological polar surface area (TPSA) is 93.0 Å². The highest BCUT2D eigenvalue weighted by molar-refractivity contribution is 5.47. The van der Waals surface area contributed by atoms with Crippen molar-refractivity contribution in [3.05, 3.63) is 0 Å². The molecular weight excluding hydrogens is 200 g/mol. The second-order valence-corrected chi connectivity index (χ2v) is 4.21. The van der Waals surface area contributed by atoms with Crippen molar-refractivity contribution in [3.63, 3.8) is 0 Å². The van der Waals surface area contributed by atoms with E-state index in [2.05, 4.69) is 5.32 Å². The monoisotopic (exact) mass is 216 g/mol. The maximum Gasteiger partial charge on any atom is 0.207 e. The fourth-order valence-electron chi connectivity index (χ4n) is 2.56. The number of nitrogens with one attached hydrogen (secondary N) is 1. The van der Waals surface area contributed by atoms with Gasteiger partial charge in [-0.15, -0.1) is 0 Å². The van der Waals surface area contributed by atoms with E-state index in [1.165, 1.54) is 0 Å². The molecule has 2 rings (SSSR count). The number of aliphatic hydroxyl groups excluding tert-OH is 3. The number of amides is 1. The van der Waals surface area contributed by atoms with Crippen LogP contribution < -0.4 is 5.32 Å². The van der Waals surface area contributed by atoms with E-state index in [1.807, 2.05) is 4.90 Å². The van der Waals surface area contributed by atoms with Crippen LogP contribution in [-0.4, -0.2) is 70.1 Å². The van der Waals surface area contributed by atoms with Crippen LogP contribution in [0.4, 0.5) is 0 Å². The molecule has 0 aromatic rings. The van der Waals surface area contributed by atoms with Crippen LogP contribution in [0.1, 0.15) is 6.42 Å². The Balaban J connectivity index is 2.10. The molecule has 2 aliphatic rings. The molecule has 6 heteroatoms. The molecule has 0 aliphatic carbocycles. The van der Waals surface area contributed by atoms with Gasteiger partial charge in [0.2, 0.25) is 6.41 Å². The molecule has 0 spiro atoms. The molecule has 2 aliphatic heterocycles. The fourth-order valence-corrected chi connectivity index (χ4v) is 2.56. The molecule has 2 heterocycles. The molecule has 0 saturated carbocycles. The van der Waals surface area contributed by atoms with Gasteiger partial charge < -0.3 is 20.6 Å². The number of carbonyl (C=O) groups is 1. The highest BCUT2D eigenvalue weighted by Gasteiger charge is 2.47. The van der Waals surface area contributed by atoms with Gasteiger partial charge in [-0.3, -0.25) is 9.69 Å². The molecular formula is C9H16N2O4. The standard InChI is InChI=1S/C9H16N2O4/c12-4-10-5-3-11-2-1-6(13)7(11)9(15)8(5)14/h4-9,13-15H,1-3H2,(H,10,12). The summed E-state index contributed by atoms with van der Waals surface area (Å²) < 4.78 is 0. The molecule has 0 aromatic heterocycles. The summed E-state index contributed by atoms with van der Waals surface area (Å²) in [5.74, 6) is 0. The number of rotatable bonds is 2. The van der Waals surface area contributed by atoms with E-state index in [-0.39, 0.29) is 0 Å². The Kier molecular flexibility index (Phi) is 2.92. The predicted molar refractivity (Wildman–Crippen MR) is 51.0 cm³/mol. The average Bonchev–Trinajstić information content (AvgIpc) is 2.56. The number of fused-ring (bicyclic) bond motifs is 1. The second-order valence-electron chi connectivity index (χ2n) is 4.21. The van der Waals surface area contributed by atoms with Gasteiger partial charge in [-0.2, -0.15) is 0 Å². The highest BCUT2D eigenvalue weighted by Crippen LogP contribution is 2.27. The lowest BCUT2D eigenvalue weighted by Crippen LogP contribution is -2.64. The first-order valence-electron chi connectivity index (χ1n) is 5.13. The van der Waals surface area contributed by atoms with Gasteiger partial charge in [0.1, 0.15) is 6.10 Å². The summed E-state index contributed by atoms with van der Waals surface area (Å²) in [5, 5.41) is 31.6. The molecule has 5 atom stereocenters. The van der Waals surface area contributed by atoms with Crippen LogP contribution in [0.5, 0.6) is 0 Å². The van der Waals surface area contributed by atoms with Gasteiger partial charge in [0.05, 0.1) is 24.3 Å². The summed E-state index contributed by atoms with van der Waals surface area (Å²) >= 11 is 0. The van der Waals surface area contributed by atoms with Gasteiger partial charge >= 0.3 is 0 Å². The van der Waals surface area contributed by atoms with E-state index < -0.39 is 30.4 Å². The van der Waals surface area contributed by atoms with E-state index in [4.69, 9.17) is 0 Å². The first-order chi connectivity index (χ1) is 7.15. The van der Waals surface area contributed by atoms with Gasteiger partial charge in [0.15, 0.2) is 0 Å². The minimum atomic E-state index is -1.01. The van der Waals surface area contributed by atoms with Crippen molar-refractivity contribution in [1.29, 1.82) is 0 Å². The smallest absolute Gasteiger partial charge is 0.207 e. The zero-order chi connectivity index (χ0) is 11.0. The van der Waals surface area contributed by atoms with Crippen molar-refractivity contribution in [2.75, 3.05) is 13.1 Å². The van der Waals surface area contributed by atoms with Gasteiger partial charge in [0, 0.05) is 13.1 Å². The number of carbonyl (C=O) groups excluding carboxylic acids is 1.